The van der Waals surface area contributed by atoms with Crippen LogP contribution in [0.5, 0.6) is 5.75 Å². The molecule has 0 aliphatic carbocycles. The molecule has 0 N–H and O–H groups in total. The van der Waals surface area contributed by atoms with E-state index in [0.29, 0.717) is 15.9 Å². The van der Waals surface area contributed by atoms with Crippen molar-refractivity contribution in [3.63, 3.8) is 0 Å². The molecule has 3 rings (SSSR count). The molecule has 22 heavy (non-hydrogen) atoms. The van der Waals surface area contributed by atoms with Gasteiger partial charge in [-0.15, -0.1) is 0 Å². The maximum absolute atomic E-state index is 11.5. The molecule has 0 amide bonds. The Morgan fingerprint density at radius 3 is 2.36 bits per heavy atom. The fourth-order valence-corrected chi connectivity index (χ4v) is 2.78. The highest BCUT2D eigenvalue weighted by Crippen LogP contribution is 2.30. The molecular formula is C17H13BrN2O2. The Kier molecular flexibility index (Phi) is 4.06. The second-order valence-corrected chi connectivity index (χ2v) is 5.40. The highest BCUT2D eigenvalue weighted by atomic mass is 79.9. The van der Waals surface area contributed by atoms with Crippen molar-refractivity contribution in [2.45, 2.75) is 0 Å². The van der Waals surface area contributed by atoms with Crippen LogP contribution in [0.25, 0.3) is 16.9 Å². The molecule has 0 fully saturated rings. The minimum absolute atomic E-state index is 0.522. The van der Waals surface area contributed by atoms with Crippen LogP contribution in [0.4, 0.5) is 0 Å². The van der Waals surface area contributed by atoms with E-state index in [1.165, 1.54) is 0 Å². The molecule has 0 radical (unpaired) electrons. The third kappa shape index (κ3) is 2.55. The Hall–Kier alpha value is -2.40. The SMILES string of the molecule is COc1ccc(-c2nn(-c3ccccc3)c(Br)c2C=O)cc1. The monoisotopic (exact) mass is 356 g/mol. The van der Waals surface area contributed by atoms with Crippen LogP contribution in [0.2, 0.25) is 0 Å². The zero-order valence-electron chi connectivity index (χ0n) is 11.9. The van der Waals surface area contributed by atoms with Gasteiger partial charge in [-0.3, -0.25) is 4.79 Å². The molecule has 0 aliphatic heterocycles. The van der Waals surface area contributed by atoms with E-state index in [1.54, 1.807) is 11.8 Å². The molecule has 1 aromatic heterocycles. The standard InChI is InChI=1S/C17H13BrN2O2/c1-22-14-9-7-12(8-10-14)16-15(11-21)17(18)20(19-16)13-5-3-2-4-6-13/h2-11H,1H3. The minimum atomic E-state index is 0.522. The van der Waals surface area contributed by atoms with Gasteiger partial charge in [-0.1, -0.05) is 18.2 Å². The van der Waals surface area contributed by atoms with Gasteiger partial charge in [-0.2, -0.15) is 5.10 Å². The maximum atomic E-state index is 11.5. The molecule has 0 unspecified atom stereocenters. The number of halogens is 1. The summed E-state index contributed by atoms with van der Waals surface area (Å²) in [6.45, 7) is 0. The Bertz CT molecular complexity index is 796. The average Bonchev–Trinajstić information content (AvgIpc) is 2.92. The number of carbonyl (C=O) groups is 1. The number of methoxy groups -OCH3 is 1. The number of nitrogens with zero attached hydrogens (tertiary/aromatic N) is 2. The predicted molar refractivity (Wildman–Crippen MR) is 88.6 cm³/mol. The fourth-order valence-electron chi connectivity index (χ4n) is 2.22. The molecule has 0 saturated carbocycles. The van der Waals surface area contributed by atoms with Crippen LogP contribution in [-0.2, 0) is 0 Å². The highest BCUT2D eigenvalue weighted by molar-refractivity contribution is 9.10. The van der Waals surface area contributed by atoms with E-state index in [0.717, 1.165) is 23.3 Å². The van der Waals surface area contributed by atoms with Crippen LogP contribution >= 0.6 is 15.9 Å². The van der Waals surface area contributed by atoms with E-state index < -0.39 is 0 Å². The lowest BCUT2D eigenvalue weighted by Crippen LogP contribution is -1.96. The summed E-state index contributed by atoms with van der Waals surface area (Å²) in [6.07, 6.45) is 0.816. The van der Waals surface area contributed by atoms with E-state index in [9.17, 15) is 4.79 Å². The molecular weight excluding hydrogens is 344 g/mol. The van der Waals surface area contributed by atoms with Crippen molar-refractivity contribution in [3.8, 4) is 22.7 Å². The maximum Gasteiger partial charge on any atom is 0.155 e. The Morgan fingerprint density at radius 1 is 1.09 bits per heavy atom. The lowest BCUT2D eigenvalue weighted by atomic mass is 10.1. The number of aldehydes is 1. The first kappa shape index (κ1) is 14.5. The van der Waals surface area contributed by atoms with Gasteiger partial charge in [0.25, 0.3) is 0 Å². The van der Waals surface area contributed by atoms with Crippen molar-refractivity contribution in [1.82, 2.24) is 9.78 Å². The second-order valence-electron chi connectivity index (χ2n) is 4.65. The number of carbonyl (C=O) groups excluding carboxylic acids is 1. The van der Waals surface area contributed by atoms with Crippen molar-refractivity contribution in [2.24, 2.45) is 0 Å². The summed E-state index contributed by atoms with van der Waals surface area (Å²) in [5.41, 5.74) is 2.90. The quantitative estimate of drug-likeness (QED) is 0.660. The number of benzene rings is 2. The van der Waals surface area contributed by atoms with Crippen LogP contribution < -0.4 is 4.74 Å². The van der Waals surface area contributed by atoms with Gasteiger partial charge in [0.15, 0.2) is 6.29 Å². The first-order valence-corrected chi connectivity index (χ1v) is 7.47. The summed E-state index contributed by atoms with van der Waals surface area (Å²) < 4.78 is 7.51. The Balaban J connectivity index is 2.13. The van der Waals surface area contributed by atoms with E-state index in [4.69, 9.17) is 4.74 Å². The van der Waals surface area contributed by atoms with Gasteiger partial charge in [-0.25, -0.2) is 4.68 Å². The molecule has 0 atom stereocenters. The molecule has 0 saturated heterocycles. The summed E-state index contributed by atoms with van der Waals surface area (Å²) in [5, 5.41) is 4.57. The number of hydrogen-bond donors (Lipinski definition) is 0. The van der Waals surface area contributed by atoms with Crippen molar-refractivity contribution >= 4 is 22.2 Å². The molecule has 0 spiro atoms. The Labute approximate surface area is 136 Å². The third-order valence-electron chi connectivity index (χ3n) is 3.35. The van der Waals surface area contributed by atoms with Gasteiger partial charge < -0.3 is 4.74 Å². The van der Waals surface area contributed by atoms with Crippen LogP contribution in [-0.4, -0.2) is 23.2 Å². The van der Waals surface area contributed by atoms with E-state index >= 15 is 0 Å². The molecule has 110 valence electrons. The van der Waals surface area contributed by atoms with Gasteiger partial charge in [0.05, 0.1) is 18.4 Å². The van der Waals surface area contributed by atoms with E-state index in [2.05, 4.69) is 21.0 Å². The average molecular weight is 357 g/mol. The van der Waals surface area contributed by atoms with Gasteiger partial charge >= 0.3 is 0 Å². The predicted octanol–water partition coefficient (Wildman–Crippen LogP) is 4.12. The first-order chi connectivity index (χ1) is 10.7. The van der Waals surface area contributed by atoms with Crippen LogP contribution in [0.3, 0.4) is 0 Å². The molecule has 4 nitrogen and oxygen atoms in total. The second kappa shape index (κ2) is 6.15. The molecule has 0 bridgehead atoms. The Morgan fingerprint density at radius 2 is 1.77 bits per heavy atom. The van der Waals surface area contributed by atoms with Crippen LogP contribution in [0.15, 0.2) is 59.2 Å². The van der Waals surface area contributed by atoms with Crippen molar-refractivity contribution in [1.29, 1.82) is 0 Å². The zero-order chi connectivity index (χ0) is 15.5. The largest absolute Gasteiger partial charge is 0.497 e. The molecule has 3 aromatic rings. The lowest BCUT2D eigenvalue weighted by Gasteiger charge is -2.02. The topological polar surface area (TPSA) is 44.1 Å². The van der Waals surface area contributed by atoms with Gasteiger partial charge in [-0.05, 0) is 52.3 Å². The third-order valence-corrected chi connectivity index (χ3v) is 4.11. The lowest BCUT2D eigenvalue weighted by molar-refractivity contribution is 0.112. The van der Waals surface area contributed by atoms with Crippen LogP contribution in [0.1, 0.15) is 10.4 Å². The van der Waals surface area contributed by atoms with Crippen molar-refractivity contribution < 1.29 is 9.53 Å². The van der Waals surface area contributed by atoms with Gasteiger partial charge in [0, 0.05) is 5.56 Å². The normalized spacial score (nSPS) is 10.5. The zero-order valence-corrected chi connectivity index (χ0v) is 13.4. The molecule has 5 heteroatoms. The van der Waals surface area contributed by atoms with Crippen LogP contribution in [0, 0.1) is 0 Å². The smallest absolute Gasteiger partial charge is 0.155 e. The fraction of sp³-hybridized carbons (Fsp3) is 0.0588. The molecule has 2 aromatic carbocycles. The number of hydrogen-bond acceptors (Lipinski definition) is 3. The van der Waals surface area contributed by atoms with Crippen molar-refractivity contribution in [2.75, 3.05) is 7.11 Å². The molecule has 1 heterocycles. The van der Waals surface area contributed by atoms with E-state index in [1.807, 2.05) is 54.6 Å². The highest BCUT2D eigenvalue weighted by Gasteiger charge is 2.17. The number of rotatable bonds is 4. The summed E-state index contributed by atoms with van der Waals surface area (Å²) >= 11 is 3.47. The summed E-state index contributed by atoms with van der Waals surface area (Å²) in [6, 6.07) is 17.1. The first-order valence-electron chi connectivity index (χ1n) is 6.68. The summed E-state index contributed by atoms with van der Waals surface area (Å²) in [7, 11) is 1.62. The summed E-state index contributed by atoms with van der Waals surface area (Å²) in [4.78, 5) is 11.5. The van der Waals surface area contributed by atoms with Gasteiger partial charge in [0.1, 0.15) is 16.0 Å². The molecule has 0 aliphatic rings. The number of para-hydroxylation sites is 1. The van der Waals surface area contributed by atoms with Gasteiger partial charge in [0.2, 0.25) is 0 Å². The van der Waals surface area contributed by atoms with Crippen molar-refractivity contribution in [3.05, 3.63) is 64.8 Å². The summed E-state index contributed by atoms with van der Waals surface area (Å²) in [5.74, 6) is 0.762. The minimum Gasteiger partial charge on any atom is -0.497 e. The number of aromatic nitrogens is 2. The number of ether oxygens (including phenoxy) is 1. The van der Waals surface area contributed by atoms with E-state index in [-0.39, 0.29) is 0 Å².